The van der Waals surface area contributed by atoms with Crippen molar-refractivity contribution in [1.82, 2.24) is 20.0 Å². The molecule has 1 aromatic heterocycles. The molecule has 0 saturated carbocycles. The first-order chi connectivity index (χ1) is 19.7. The Bertz CT molecular complexity index is 1650. The summed E-state index contributed by atoms with van der Waals surface area (Å²) in [6, 6.07) is 5.80. The van der Waals surface area contributed by atoms with E-state index >= 15 is 0 Å². The van der Waals surface area contributed by atoms with Crippen molar-refractivity contribution in [2.45, 2.75) is 38.0 Å². The van der Waals surface area contributed by atoms with E-state index in [0.29, 0.717) is 25.0 Å². The van der Waals surface area contributed by atoms with Gasteiger partial charge in [0.1, 0.15) is 22.7 Å². The van der Waals surface area contributed by atoms with Gasteiger partial charge in [0.2, 0.25) is 0 Å². The number of hydrogen-bond acceptors (Lipinski definition) is 6. The highest BCUT2D eigenvalue weighted by molar-refractivity contribution is 6.42. The Morgan fingerprint density at radius 2 is 1.90 bits per heavy atom. The number of hydrazine groups is 1. The van der Waals surface area contributed by atoms with Gasteiger partial charge in [-0.1, -0.05) is 35.3 Å². The van der Waals surface area contributed by atoms with E-state index in [1.807, 2.05) is 0 Å². The number of carbonyl (C=O) groups is 2. The minimum atomic E-state index is -4.77. The summed E-state index contributed by atoms with van der Waals surface area (Å²) in [7, 11) is 0. The summed E-state index contributed by atoms with van der Waals surface area (Å²) in [6.45, 7) is 1.40. The van der Waals surface area contributed by atoms with Crippen molar-refractivity contribution < 1.29 is 36.6 Å². The minimum Gasteiger partial charge on any atom is -0.509 e. The van der Waals surface area contributed by atoms with E-state index in [1.54, 1.807) is 6.92 Å². The third kappa shape index (κ3) is 5.05. The molecule has 220 valence electrons. The van der Waals surface area contributed by atoms with E-state index in [0.717, 1.165) is 23.5 Å². The fraction of sp³-hybridized carbons (Fsp3) is 0.259. The van der Waals surface area contributed by atoms with Gasteiger partial charge in [0.05, 0.1) is 29.0 Å². The van der Waals surface area contributed by atoms with Gasteiger partial charge in [-0.15, -0.1) is 0 Å². The minimum absolute atomic E-state index is 0.168. The summed E-state index contributed by atoms with van der Waals surface area (Å²) in [6.07, 6.45) is -2.99. The van der Waals surface area contributed by atoms with Crippen molar-refractivity contribution in [3.63, 3.8) is 0 Å². The molecule has 0 unspecified atom stereocenters. The van der Waals surface area contributed by atoms with Crippen LogP contribution in [0.5, 0.6) is 0 Å². The van der Waals surface area contributed by atoms with Crippen LogP contribution in [0.2, 0.25) is 10.2 Å². The summed E-state index contributed by atoms with van der Waals surface area (Å²) in [4.78, 5) is 34.9. The molecular weight excluding hydrogens is 608 g/mol. The van der Waals surface area contributed by atoms with Crippen molar-refractivity contribution in [1.29, 1.82) is 0 Å². The molecule has 15 heteroatoms. The molecule has 2 aliphatic heterocycles. The normalized spacial score (nSPS) is 19.3. The van der Waals surface area contributed by atoms with Gasteiger partial charge in [-0.05, 0) is 44.0 Å². The maximum Gasteiger partial charge on any atom is 0.416 e. The molecule has 3 aromatic rings. The van der Waals surface area contributed by atoms with Crippen LogP contribution in [0.4, 0.5) is 27.6 Å². The number of aliphatic hydroxyl groups is 1. The summed E-state index contributed by atoms with van der Waals surface area (Å²) in [5, 5.41) is 15.6. The number of anilines is 1. The van der Waals surface area contributed by atoms with Crippen LogP contribution in [0.1, 0.15) is 30.9 Å². The average molecular weight is 628 g/mol. The molecule has 5 rings (SSSR count). The average Bonchev–Trinajstić information content (AvgIpc) is 3.33. The van der Waals surface area contributed by atoms with E-state index in [9.17, 15) is 36.6 Å². The number of aromatic nitrogens is 2. The van der Waals surface area contributed by atoms with Gasteiger partial charge in [-0.2, -0.15) is 13.2 Å². The molecule has 3 heterocycles. The Morgan fingerprint density at radius 3 is 2.62 bits per heavy atom. The highest BCUT2D eigenvalue weighted by atomic mass is 35.5. The van der Waals surface area contributed by atoms with Crippen molar-refractivity contribution in [2.24, 2.45) is 0 Å². The number of alkyl halides is 3. The molecule has 42 heavy (non-hydrogen) atoms. The summed E-state index contributed by atoms with van der Waals surface area (Å²) < 4.78 is 69.2. The van der Waals surface area contributed by atoms with Crippen LogP contribution in [0, 0.1) is 11.6 Å². The van der Waals surface area contributed by atoms with Crippen LogP contribution in [-0.2, 0) is 22.3 Å². The third-order valence-corrected chi connectivity index (χ3v) is 8.01. The second-order valence-corrected chi connectivity index (χ2v) is 10.6. The molecule has 2 aromatic carbocycles. The number of hydrogen-bond donors (Lipinski definition) is 2. The topological polar surface area (TPSA) is 98.7 Å². The number of fused-ring (bicyclic) bond motifs is 1. The van der Waals surface area contributed by atoms with Gasteiger partial charge < -0.3 is 10.4 Å². The van der Waals surface area contributed by atoms with E-state index in [2.05, 4.69) is 15.3 Å². The molecule has 0 bridgehead atoms. The molecule has 1 fully saturated rings. The molecule has 0 aliphatic carbocycles. The fourth-order valence-electron chi connectivity index (χ4n) is 5.13. The zero-order valence-corrected chi connectivity index (χ0v) is 23.1. The highest BCUT2D eigenvalue weighted by Gasteiger charge is 2.52. The van der Waals surface area contributed by atoms with Gasteiger partial charge in [0.15, 0.2) is 16.8 Å². The Kier molecular flexibility index (Phi) is 7.62. The molecule has 0 spiro atoms. The number of rotatable bonds is 5. The fourth-order valence-corrected chi connectivity index (χ4v) is 5.46. The number of benzene rings is 2. The lowest BCUT2D eigenvalue weighted by Gasteiger charge is -2.46. The molecule has 2 amide bonds. The van der Waals surface area contributed by atoms with E-state index in [-0.39, 0.29) is 39.2 Å². The Labute approximate surface area is 245 Å². The van der Waals surface area contributed by atoms with Gasteiger partial charge in [-0.25, -0.2) is 23.8 Å². The van der Waals surface area contributed by atoms with Crippen molar-refractivity contribution in [2.75, 3.05) is 11.9 Å². The van der Waals surface area contributed by atoms with E-state index in [4.69, 9.17) is 23.2 Å². The number of nitrogens with zero attached hydrogens (tertiary/aromatic N) is 4. The van der Waals surface area contributed by atoms with Crippen LogP contribution in [-0.4, -0.2) is 49.0 Å². The molecule has 2 aliphatic rings. The standard InChI is InChI=1S/C27H20Cl2F5N5O3/c1-26-8-3-9-39(26)38(11-13-4-2-5-16(30)20(13)31)25(42)18(22(26)40)24(41)37-17-7-6-14(27(32,33)34)10-15(17)21-19(28)23(29)36-12-35-21/h2,4-7,10,12,40H,3,8-9,11H2,1H3,(H,37,41)/t26-/m1/s1. The number of aliphatic hydroxyl groups excluding tert-OH is 1. The van der Waals surface area contributed by atoms with Crippen LogP contribution in [0.3, 0.4) is 0 Å². The Morgan fingerprint density at radius 1 is 1.17 bits per heavy atom. The summed E-state index contributed by atoms with van der Waals surface area (Å²) in [5.74, 6) is -5.06. The zero-order chi connectivity index (χ0) is 30.6. The number of carbonyl (C=O) groups excluding carboxylic acids is 2. The maximum atomic E-state index is 14.5. The molecule has 2 N–H and O–H groups in total. The number of amides is 2. The maximum absolute atomic E-state index is 14.5. The third-order valence-electron chi connectivity index (χ3n) is 7.27. The molecule has 1 atom stereocenters. The first kappa shape index (κ1) is 29.7. The second-order valence-electron chi connectivity index (χ2n) is 9.84. The quantitative estimate of drug-likeness (QED) is 0.195. The van der Waals surface area contributed by atoms with Crippen LogP contribution in [0.25, 0.3) is 11.3 Å². The van der Waals surface area contributed by atoms with Crippen molar-refractivity contribution >= 4 is 40.7 Å². The highest BCUT2D eigenvalue weighted by Crippen LogP contribution is 2.43. The lowest BCUT2D eigenvalue weighted by atomic mass is 9.90. The van der Waals surface area contributed by atoms with E-state index < -0.39 is 58.6 Å². The number of halogens is 7. The second kappa shape index (κ2) is 10.8. The monoisotopic (exact) mass is 627 g/mol. The van der Waals surface area contributed by atoms with E-state index in [1.165, 1.54) is 17.1 Å². The Balaban J connectivity index is 1.57. The lowest BCUT2D eigenvalue weighted by Crippen LogP contribution is -2.60. The van der Waals surface area contributed by atoms with Gasteiger partial charge in [-0.3, -0.25) is 14.6 Å². The lowest BCUT2D eigenvalue weighted by molar-refractivity contribution is -0.160. The van der Waals surface area contributed by atoms with Crippen LogP contribution >= 0.6 is 23.2 Å². The first-order valence-corrected chi connectivity index (χ1v) is 13.1. The van der Waals surface area contributed by atoms with Crippen LogP contribution < -0.4 is 5.32 Å². The molecule has 0 radical (unpaired) electrons. The largest absolute Gasteiger partial charge is 0.509 e. The zero-order valence-electron chi connectivity index (χ0n) is 21.6. The first-order valence-electron chi connectivity index (χ1n) is 12.4. The molecular formula is C27H20Cl2F5N5O3. The summed E-state index contributed by atoms with van der Waals surface area (Å²) in [5.41, 5.74) is -3.98. The Hall–Kier alpha value is -3.81. The predicted molar refractivity (Wildman–Crippen MR) is 142 cm³/mol. The summed E-state index contributed by atoms with van der Waals surface area (Å²) >= 11 is 12.1. The van der Waals surface area contributed by atoms with Gasteiger partial charge in [0.25, 0.3) is 11.8 Å². The van der Waals surface area contributed by atoms with Crippen molar-refractivity contribution in [3.8, 4) is 11.3 Å². The molecule has 8 nitrogen and oxygen atoms in total. The predicted octanol–water partition coefficient (Wildman–Crippen LogP) is 6.31. The molecule has 1 saturated heterocycles. The van der Waals surface area contributed by atoms with Gasteiger partial charge >= 0.3 is 6.18 Å². The smallest absolute Gasteiger partial charge is 0.416 e. The van der Waals surface area contributed by atoms with Crippen LogP contribution in [0.15, 0.2) is 54.1 Å². The SMILES string of the molecule is C[C@]12CCCN1N(Cc1cccc(F)c1F)C(=O)C(C(=O)Nc1ccc(C(F)(F)F)cc1-c1ncnc(Cl)c1Cl)=C2O. The van der Waals surface area contributed by atoms with Crippen molar-refractivity contribution in [3.05, 3.63) is 87.0 Å². The number of nitrogens with one attached hydrogen (secondary N) is 1. The van der Waals surface area contributed by atoms with Gasteiger partial charge in [0, 0.05) is 17.7 Å².